The number of nitrogens with zero attached hydrogens (tertiary/aromatic N) is 4. The van der Waals surface area contributed by atoms with Crippen LogP contribution in [0.3, 0.4) is 0 Å². The number of fused-ring (bicyclic) bond motifs is 4. The highest BCUT2D eigenvalue weighted by molar-refractivity contribution is 7.11. The van der Waals surface area contributed by atoms with E-state index in [1.807, 2.05) is 13.0 Å². The molecule has 4 heterocycles. The quantitative estimate of drug-likeness (QED) is 0.820. The summed E-state index contributed by atoms with van der Waals surface area (Å²) < 4.78 is 1.64. The van der Waals surface area contributed by atoms with Crippen LogP contribution in [0.25, 0.3) is 0 Å². The fourth-order valence-electron chi connectivity index (χ4n) is 4.36. The van der Waals surface area contributed by atoms with Crippen molar-refractivity contribution in [2.75, 3.05) is 19.6 Å². The lowest BCUT2D eigenvalue weighted by Gasteiger charge is -2.46. The van der Waals surface area contributed by atoms with Crippen LogP contribution in [-0.4, -0.2) is 51.1 Å². The van der Waals surface area contributed by atoms with Gasteiger partial charge in [-0.15, -0.1) is 21.5 Å². The molecule has 4 rings (SSSR count). The maximum atomic E-state index is 13.1. The number of carbonyl (C=O) groups is 2. The molecule has 2 aliphatic heterocycles. The molecule has 2 aromatic heterocycles. The van der Waals surface area contributed by atoms with Crippen LogP contribution in [0.4, 0.5) is 0 Å². The average Bonchev–Trinajstić information content (AvgIpc) is 3.07. The van der Waals surface area contributed by atoms with Gasteiger partial charge in [0.15, 0.2) is 0 Å². The Morgan fingerprint density at radius 1 is 1.29 bits per heavy atom. The maximum absolute atomic E-state index is 13.1. The van der Waals surface area contributed by atoms with E-state index >= 15 is 0 Å². The second-order valence-corrected chi connectivity index (χ2v) is 8.74. The standard InChI is InChI=1S/C19H23N5O3S/c1-11-21-22-16(28-11)6-7-20-19(27)18-14-8-13(9-23(10-14)12(2)25)15-4-3-5-17(26)24(15)18/h3-5,13-14,18H,6-10H2,1-2H3,(H,20,27)/t13-,14+,18-/m1/s1. The highest BCUT2D eigenvalue weighted by Gasteiger charge is 2.44. The number of pyridine rings is 1. The normalized spacial score (nSPS) is 23.2. The van der Waals surface area contributed by atoms with Gasteiger partial charge in [0.1, 0.15) is 16.1 Å². The first kappa shape index (κ1) is 18.8. The van der Waals surface area contributed by atoms with E-state index in [9.17, 15) is 14.4 Å². The number of amides is 2. The van der Waals surface area contributed by atoms with E-state index in [2.05, 4.69) is 15.5 Å². The third-order valence-electron chi connectivity index (χ3n) is 5.57. The van der Waals surface area contributed by atoms with Gasteiger partial charge in [-0.1, -0.05) is 6.07 Å². The summed E-state index contributed by atoms with van der Waals surface area (Å²) in [5.74, 6) is -0.152. The molecule has 1 fully saturated rings. The van der Waals surface area contributed by atoms with E-state index < -0.39 is 6.04 Å². The zero-order valence-corrected chi connectivity index (χ0v) is 16.7. The Balaban J connectivity index is 1.57. The van der Waals surface area contributed by atoms with Crippen LogP contribution in [0.5, 0.6) is 0 Å². The molecule has 0 radical (unpaired) electrons. The lowest BCUT2D eigenvalue weighted by Crippen LogP contribution is -2.54. The molecule has 0 unspecified atom stereocenters. The molecule has 1 saturated heterocycles. The third-order valence-corrected chi connectivity index (χ3v) is 6.47. The Labute approximate surface area is 166 Å². The molecule has 0 aliphatic carbocycles. The summed E-state index contributed by atoms with van der Waals surface area (Å²) in [5.41, 5.74) is 0.679. The summed E-state index contributed by atoms with van der Waals surface area (Å²) in [6.45, 7) is 4.98. The van der Waals surface area contributed by atoms with Crippen LogP contribution >= 0.6 is 11.3 Å². The summed E-state index contributed by atoms with van der Waals surface area (Å²) in [6.07, 6.45) is 1.41. The highest BCUT2D eigenvalue weighted by Crippen LogP contribution is 2.41. The predicted molar refractivity (Wildman–Crippen MR) is 104 cm³/mol. The molecular weight excluding hydrogens is 378 g/mol. The third kappa shape index (κ3) is 3.46. The van der Waals surface area contributed by atoms with Gasteiger partial charge in [0, 0.05) is 56.6 Å². The van der Waals surface area contributed by atoms with E-state index in [-0.39, 0.29) is 29.2 Å². The van der Waals surface area contributed by atoms with Crippen molar-refractivity contribution in [2.45, 2.75) is 38.6 Å². The van der Waals surface area contributed by atoms with Crippen LogP contribution < -0.4 is 10.9 Å². The minimum Gasteiger partial charge on any atom is -0.354 e. The molecule has 1 N–H and O–H groups in total. The summed E-state index contributed by atoms with van der Waals surface area (Å²) >= 11 is 1.51. The number of rotatable bonds is 4. The summed E-state index contributed by atoms with van der Waals surface area (Å²) in [6, 6.07) is 4.53. The number of aryl methyl sites for hydroxylation is 1. The van der Waals surface area contributed by atoms with Crippen LogP contribution in [0, 0.1) is 12.8 Å². The van der Waals surface area contributed by atoms with Crippen molar-refractivity contribution in [2.24, 2.45) is 5.92 Å². The Kier molecular flexibility index (Phi) is 5.01. The first-order valence-corrected chi connectivity index (χ1v) is 10.3. The average molecular weight is 401 g/mol. The van der Waals surface area contributed by atoms with Gasteiger partial charge in [0.05, 0.1) is 0 Å². The molecule has 2 aromatic rings. The molecule has 3 atom stereocenters. The van der Waals surface area contributed by atoms with E-state index in [4.69, 9.17) is 0 Å². The second-order valence-electron chi connectivity index (χ2n) is 7.48. The SMILES string of the molecule is CC(=O)N1C[C@H]2C[C@@H](C1)[C@H](C(=O)NCCc1nnc(C)s1)n1c2cccc1=O. The molecule has 2 amide bonds. The molecular formula is C19H23N5O3S. The highest BCUT2D eigenvalue weighted by atomic mass is 32.1. The van der Waals surface area contributed by atoms with E-state index in [0.29, 0.717) is 26.1 Å². The van der Waals surface area contributed by atoms with Gasteiger partial charge in [-0.2, -0.15) is 0 Å². The minimum atomic E-state index is -0.599. The fourth-order valence-corrected chi connectivity index (χ4v) is 5.07. The lowest BCUT2D eigenvalue weighted by molar-refractivity contribution is -0.135. The fraction of sp³-hybridized carbons (Fsp3) is 0.526. The number of hydrogen-bond donors (Lipinski definition) is 1. The van der Waals surface area contributed by atoms with Crippen LogP contribution in [-0.2, 0) is 16.0 Å². The smallest absolute Gasteiger partial charge is 0.251 e. The second kappa shape index (κ2) is 7.46. The number of nitrogens with one attached hydrogen (secondary N) is 1. The molecule has 0 aromatic carbocycles. The molecule has 0 saturated carbocycles. The zero-order chi connectivity index (χ0) is 19.8. The Bertz CT molecular complexity index is 968. The first-order chi connectivity index (χ1) is 13.4. The van der Waals surface area contributed by atoms with Crippen molar-refractivity contribution in [3.05, 3.63) is 44.3 Å². The molecule has 0 spiro atoms. The Morgan fingerprint density at radius 2 is 2.11 bits per heavy atom. The molecule has 2 aliphatic rings. The minimum absolute atomic E-state index is 0.00669. The van der Waals surface area contributed by atoms with Gasteiger partial charge in [-0.05, 0) is 19.4 Å². The molecule has 28 heavy (non-hydrogen) atoms. The summed E-state index contributed by atoms with van der Waals surface area (Å²) in [5, 5.41) is 12.8. The first-order valence-electron chi connectivity index (χ1n) is 9.47. The topological polar surface area (TPSA) is 97.2 Å². The van der Waals surface area contributed by atoms with Crippen molar-refractivity contribution in [1.29, 1.82) is 0 Å². The van der Waals surface area contributed by atoms with Gasteiger partial charge in [0.2, 0.25) is 11.8 Å². The maximum Gasteiger partial charge on any atom is 0.251 e. The van der Waals surface area contributed by atoms with Crippen molar-refractivity contribution in [3.8, 4) is 0 Å². The van der Waals surface area contributed by atoms with Crippen molar-refractivity contribution < 1.29 is 9.59 Å². The van der Waals surface area contributed by atoms with Crippen molar-refractivity contribution in [3.63, 3.8) is 0 Å². The number of piperidine rings is 1. The molecule has 2 bridgehead atoms. The van der Waals surface area contributed by atoms with E-state index in [1.54, 1.807) is 22.5 Å². The zero-order valence-electron chi connectivity index (χ0n) is 15.9. The summed E-state index contributed by atoms with van der Waals surface area (Å²) in [4.78, 5) is 39.4. The number of hydrogen-bond acceptors (Lipinski definition) is 6. The van der Waals surface area contributed by atoms with Crippen molar-refractivity contribution >= 4 is 23.2 Å². The number of aromatic nitrogens is 3. The molecule has 148 valence electrons. The van der Waals surface area contributed by atoms with Gasteiger partial charge >= 0.3 is 0 Å². The Hall–Kier alpha value is -2.55. The van der Waals surface area contributed by atoms with Gasteiger partial charge in [0.25, 0.3) is 5.56 Å². The number of likely N-dealkylation sites (tertiary alicyclic amines) is 1. The van der Waals surface area contributed by atoms with Crippen LogP contribution in [0.1, 0.15) is 41.0 Å². The van der Waals surface area contributed by atoms with Crippen molar-refractivity contribution in [1.82, 2.24) is 25.0 Å². The van der Waals surface area contributed by atoms with Crippen LogP contribution in [0.15, 0.2) is 23.0 Å². The van der Waals surface area contributed by atoms with Gasteiger partial charge in [-0.25, -0.2) is 0 Å². The largest absolute Gasteiger partial charge is 0.354 e. The van der Waals surface area contributed by atoms with Gasteiger partial charge in [-0.3, -0.25) is 19.0 Å². The predicted octanol–water partition coefficient (Wildman–Crippen LogP) is 0.874. The van der Waals surface area contributed by atoms with E-state index in [1.165, 1.54) is 17.4 Å². The molecule has 8 nitrogen and oxygen atoms in total. The molecule has 9 heteroatoms. The van der Waals surface area contributed by atoms with Crippen LogP contribution in [0.2, 0.25) is 0 Å². The summed E-state index contributed by atoms with van der Waals surface area (Å²) in [7, 11) is 0. The van der Waals surface area contributed by atoms with Gasteiger partial charge < -0.3 is 10.2 Å². The Morgan fingerprint density at radius 3 is 2.82 bits per heavy atom. The number of carbonyl (C=O) groups excluding carboxylic acids is 2. The lowest BCUT2D eigenvalue weighted by atomic mass is 9.78. The van der Waals surface area contributed by atoms with E-state index in [0.717, 1.165) is 22.1 Å². The monoisotopic (exact) mass is 401 g/mol.